The lowest BCUT2D eigenvalue weighted by Gasteiger charge is -2.30. The molecule has 0 bridgehead atoms. The lowest BCUT2D eigenvalue weighted by Crippen LogP contribution is -2.44. The first kappa shape index (κ1) is 23.6. The highest BCUT2D eigenvalue weighted by Crippen LogP contribution is 2.26. The summed E-state index contributed by atoms with van der Waals surface area (Å²) in [6.07, 6.45) is 6.74. The number of pyridine rings is 1. The maximum Gasteiger partial charge on any atom is 0.342 e. The average Bonchev–Trinajstić information content (AvgIpc) is 2.80. The predicted octanol–water partition coefficient (Wildman–Crippen LogP) is 3.58. The molecule has 0 spiro atoms. The van der Waals surface area contributed by atoms with Gasteiger partial charge in [0.2, 0.25) is 5.91 Å². The standard InChI is InChI=1S/C22H23ClF3N5O/c23-18-13-29-21(30-14-22(25,26)31-8-4-1-5-9-31)20(24)17(18)10-19(32)28-12-16-7-3-2-6-15(16)11-27/h1-8,13H,9-12,14,27H2,(H,28,32)(H,29,30). The molecule has 6 nitrogen and oxygen atoms in total. The number of nitrogens with one attached hydrogen (secondary N) is 2. The van der Waals surface area contributed by atoms with E-state index < -0.39 is 30.1 Å². The molecule has 0 unspecified atom stereocenters. The molecule has 0 aliphatic carbocycles. The Balaban J connectivity index is 1.64. The summed E-state index contributed by atoms with van der Waals surface area (Å²) in [6, 6.07) is 4.07. The molecule has 170 valence electrons. The van der Waals surface area contributed by atoms with Gasteiger partial charge in [-0.15, -0.1) is 0 Å². The van der Waals surface area contributed by atoms with Gasteiger partial charge in [-0.25, -0.2) is 9.37 Å². The smallest absolute Gasteiger partial charge is 0.342 e. The number of anilines is 1. The maximum absolute atomic E-state index is 14.9. The van der Waals surface area contributed by atoms with Crippen molar-refractivity contribution in [2.45, 2.75) is 25.6 Å². The summed E-state index contributed by atoms with van der Waals surface area (Å²) in [4.78, 5) is 17.0. The molecule has 1 aromatic heterocycles. The molecule has 0 radical (unpaired) electrons. The van der Waals surface area contributed by atoms with Crippen LogP contribution in [0.25, 0.3) is 0 Å². The topological polar surface area (TPSA) is 83.3 Å². The van der Waals surface area contributed by atoms with Crippen molar-refractivity contribution < 1.29 is 18.0 Å². The molecule has 2 aromatic rings. The number of allylic oxidation sites excluding steroid dienone is 2. The second-order valence-corrected chi connectivity index (χ2v) is 7.52. The Bertz CT molecular complexity index is 1030. The Hall–Kier alpha value is -3.04. The normalized spacial score (nSPS) is 13.3. The number of alkyl halides is 2. The number of hydrogen-bond acceptors (Lipinski definition) is 5. The quantitative estimate of drug-likeness (QED) is 0.493. The van der Waals surface area contributed by atoms with Crippen molar-refractivity contribution >= 4 is 23.3 Å². The van der Waals surface area contributed by atoms with Gasteiger partial charge in [-0.2, -0.15) is 8.78 Å². The van der Waals surface area contributed by atoms with Crippen LogP contribution < -0.4 is 16.4 Å². The van der Waals surface area contributed by atoms with Crippen molar-refractivity contribution in [3.63, 3.8) is 0 Å². The predicted molar refractivity (Wildman–Crippen MR) is 118 cm³/mol. The minimum absolute atomic E-state index is 0.0282. The van der Waals surface area contributed by atoms with Gasteiger partial charge < -0.3 is 21.3 Å². The van der Waals surface area contributed by atoms with Crippen LogP contribution in [0.2, 0.25) is 5.02 Å². The highest BCUT2D eigenvalue weighted by molar-refractivity contribution is 6.31. The molecule has 0 fully saturated rings. The van der Waals surface area contributed by atoms with E-state index in [2.05, 4.69) is 15.6 Å². The van der Waals surface area contributed by atoms with Gasteiger partial charge in [-0.05, 0) is 17.2 Å². The lowest BCUT2D eigenvalue weighted by molar-refractivity contribution is -0.120. The van der Waals surface area contributed by atoms with E-state index in [1.807, 2.05) is 24.3 Å². The second kappa shape index (κ2) is 10.5. The van der Waals surface area contributed by atoms with Gasteiger partial charge in [0.05, 0.1) is 11.4 Å². The minimum atomic E-state index is -3.27. The number of aromatic nitrogens is 1. The number of hydrogen-bond donors (Lipinski definition) is 3. The summed E-state index contributed by atoms with van der Waals surface area (Å²) >= 11 is 6.02. The number of carbonyl (C=O) groups is 1. The first-order valence-corrected chi connectivity index (χ1v) is 10.3. The van der Waals surface area contributed by atoms with Crippen LogP contribution >= 0.6 is 11.6 Å². The molecule has 0 atom stereocenters. The molecule has 32 heavy (non-hydrogen) atoms. The van der Waals surface area contributed by atoms with Gasteiger partial charge in [0.25, 0.3) is 0 Å². The third kappa shape index (κ3) is 5.80. The van der Waals surface area contributed by atoms with E-state index in [0.29, 0.717) is 6.54 Å². The molecular weight excluding hydrogens is 443 g/mol. The van der Waals surface area contributed by atoms with Crippen molar-refractivity contribution in [3.8, 4) is 0 Å². The molecule has 2 heterocycles. The molecule has 0 saturated heterocycles. The fourth-order valence-corrected chi connectivity index (χ4v) is 3.34. The van der Waals surface area contributed by atoms with E-state index in [4.69, 9.17) is 17.3 Å². The van der Waals surface area contributed by atoms with Gasteiger partial charge in [0.1, 0.15) is 6.54 Å². The molecule has 4 N–H and O–H groups in total. The number of amides is 1. The SMILES string of the molecule is NCc1ccccc1CNC(=O)Cc1c(Cl)cnc(NCC(F)(F)N2C=CC=CC2)c1F. The Kier molecular flexibility index (Phi) is 7.76. The van der Waals surface area contributed by atoms with E-state index in [0.717, 1.165) is 22.2 Å². The third-order valence-corrected chi connectivity index (χ3v) is 5.25. The minimum Gasteiger partial charge on any atom is -0.360 e. The monoisotopic (exact) mass is 465 g/mol. The zero-order valence-electron chi connectivity index (χ0n) is 17.1. The fraction of sp³-hybridized carbons (Fsp3) is 0.273. The molecular formula is C22H23ClF3N5O. The van der Waals surface area contributed by atoms with E-state index >= 15 is 0 Å². The summed E-state index contributed by atoms with van der Waals surface area (Å²) in [5.41, 5.74) is 7.28. The highest BCUT2D eigenvalue weighted by Gasteiger charge is 2.35. The zero-order valence-corrected chi connectivity index (χ0v) is 17.9. The van der Waals surface area contributed by atoms with E-state index in [9.17, 15) is 18.0 Å². The van der Waals surface area contributed by atoms with Crippen LogP contribution in [0, 0.1) is 5.82 Å². The molecule has 1 aliphatic rings. The summed E-state index contributed by atoms with van der Waals surface area (Å²) in [5, 5.41) is 4.95. The Labute approximate surface area is 188 Å². The first-order chi connectivity index (χ1) is 15.3. The number of nitrogens with zero attached hydrogens (tertiary/aromatic N) is 2. The number of nitrogens with two attached hydrogens (primary N) is 1. The van der Waals surface area contributed by atoms with Crippen LogP contribution in [0.1, 0.15) is 16.7 Å². The maximum atomic E-state index is 14.9. The van der Waals surface area contributed by atoms with Crippen LogP contribution in [0.15, 0.2) is 54.9 Å². The number of benzene rings is 1. The van der Waals surface area contributed by atoms with Crippen molar-refractivity contribution in [3.05, 3.63) is 82.4 Å². The largest absolute Gasteiger partial charge is 0.360 e. The Morgan fingerprint density at radius 3 is 2.69 bits per heavy atom. The van der Waals surface area contributed by atoms with Crippen LogP contribution in [-0.2, 0) is 24.3 Å². The number of carbonyl (C=O) groups excluding carboxylic acids is 1. The van der Waals surface area contributed by atoms with Gasteiger partial charge in [0, 0.05) is 37.6 Å². The summed E-state index contributed by atoms with van der Waals surface area (Å²) in [7, 11) is 0. The fourth-order valence-electron chi connectivity index (χ4n) is 3.14. The van der Waals surface area contributed by atoms with Crippen molar-refractivity contribution in [2.75, 3.05) is 18.4 Å². The molecule has 1 amide bonds. The van der Waals surface area contributed by atoms with Gasteiger partial charge >= 0.3 is 6.05 Å². The second-order valence-electron chi connectivity index (χ2n) is 7.12. The Morgan fingerprint density at radius 2 is 2.00 bits per heavy atom. The summed E-state index contributed by atoms with van der Waals surface area (Å²) in [6.45, 7) is -0.315. The molecule has 3 rings (SSSR count). The van der Waals surface area contributed by atoms with E-state index in [1.165, 1.54) is 12.3 Å². The third-order valence-electron chi connectivity index (χ3n) is 4.92. The van der Waals surface area contributed by atoms with Crippen LogP contribution in [0.5, 0.6) is 0 Å². The highest BCUT2D eigenvalue weighted by atomic mass is 35.5. The van der Waals surface area contributed by atoms with E-state index in [-0.39, 0.29) is 30.1 Å². The van der Waals surface area contributed by atoms with Crippen molar-refractivity contribution in [2.24, 2.45) is 5.73 Å². The van der Waals surface area contributed by atoms with Crippen LogP contribution in [-0.4, -0.2) is 34.9 Å². The van der Waals surface area contributed by atoms with Crippen molar-refractivity contribution in [1.29, 1.82) is 0 Å². The van der Waals surface area contributed by atoms with Gasteiger partial charge in [-0.3, -0.25) is 4.79 Å². The van der Waals surface area contributed by atoms with E-state index in [1.54, 1.807) is 12.2 Å². The van der Waals surface area contributed by atoms with Crippen LogP contribution in [0.3, 0.4) is 0 Å². The molecule has 1 aromatic carbocycles. The van der Waals surface area contributed by atoms with Crippen LogP contribution in [0.4, 0.5) is 19.0 Å². The number of rotatable bonds is 9. The number of halogens is 4. The van der Waals surface area contributed by atoms with Crippen molar-refractivity contribution in [1.82, 2.24) is 15.2 Å². The Morgan fingerprint density at radius 1 is 1.25 bits per heavy atom. The van der Waals surface area contributed by atoms with Gasteiger partial charge in [0.15, 0.2) is 11.6 Å². The molecule has 10 heteroatoms. The molecule has 1 aliphatic heterocycles. The zero-order chi connectivity index (χ0) is 23.1. The summed E-state index contributed by atoms with van der Waals surface area (Å²) < 4.78 is 43.6. The first-order valence-electron chi connectivity index (χ1n) is 9.90. The average molecular weight is 466 g/mol. The lowest BCUT2D eigenvalue weighted by atomic mass is 10.1. The van der Waals surface area contributed by atoms with Gasteiger partial charge in [-0.1, -0.05) is 48.0 Å². The molecule has 0 saturated carbocycles. The summed E-state index contributed by atoms with van der Waals surface area (Å²) in [5.74, 6) is -1.83.